The minimum absolute atomic E-state index is 0.0339. The molecule has 0 heterocycles. The average molecular weight is 418 g/mol. The number of hydrogen-bond donors (Lipinski definition) is 2. The van der Waals surface area contributed by atoms with Crippen molar-refractivity contribution in [2.75, 3.05) is 14.2 Å². The van der Waals surface area contributed by atoms with Gasteiger partial charge in [-0.3, -0.25) is 4.79 Å². The summed E-state index contributed by atoms with van der Waals surface area (Å²) >= 11 is 6.03. The van der Waals surface area contributed by atoms with Gasteiger partial charge >= 0.3 is 5.97 Å². The molecule has 0 aliphatic heterocycles. The first-order valence-corrected chi connectivity index (χ1v) is 10.1. The van der Waals surface area contributed by atoms with Crippen molar-refractivity contribution in [2.24, 2.45) is 5.92 Å². The number of Topliss-reactive ketones (excluding diaryl/α,β-unsaturated/α-hetero) is 1. The number of benzene rings is 2. The Hall–Kier alpha value is -2.37. The normalized spacial score (nSPS) is 14.1. The number of rotatable bonds is 9. The molecule has 0 aromatic heterocycles. The van der Waals surface area contributed by atoms with E-state index in [4.69, 9.17) is 16.3 Å². The lowest BCUT2D eigenvalue weighted by Gasteiger charge is -2.25. The second-order valence-electron chi connectivity index (χ2n) is 7.21. The Morgan fingerprint density at radius 1 is 1.14 bits per heavy atom. The molecular formula is C23H28ClNO4. The fourth-order valence-corrected chi connectivity index (χ4v) is 3.88. The smallest absolute Gasteiger partial charge is 0.337 e. The van der Waals surface area contributed by atoms with Crippen LogP contribution in [-0.2, 0) is 9.53 Å². The first-order chi connectivity index (χ1) is 13.8. The Morgan fingerprint density at radius 2 is 1.79 bits per heavy atom. The fourth-order valence-electron chi connectivity index (χ4n) is 3.64. The van der Waals surface area contributed by atoms with Crippen molar-refractivity contribution in [1.82, 2.24) is 5.32 Å². The third-order valence-corrected chi connectivity index (χ3v) is 5.62. The second kappa shape index (κ2) is 10.4. The summed E-state index contributed by atoms with van der Waals surface area (Å²) in [5, 5.41) is 13.2. The first-order valence-electron chi connectivity index (χ1n) is 9.68. The highest BCUT2D eigenvalue weighted by Crippen LogP contribution is 2.32. The van der Waals surface area contributed by atoms with E-state index in [9.17, 15) is 14.7 Å². The van der Waals surface area contributed by atoms with Crippen LogP contribution in [0.15, 0.2) is 42.5 Å². The lowest BCUT2D eigenvalue weighted by molar-refractivity contribution is -0.122. The predicted octanol–water partition coefficient (Wildman–Crippen LogP) is 4.88. The molecule has 2 rings (SSSR count). The molecule has 29 heavy (non-hydrogen) atoms. The van der Waals surface area contributed by atoms with Gasteiger partial charge < -0.3 is 15.2 Å². The van der Waals surface area contributed by atoms with E-state index < -0.39 is 6.04 Å². The quantitative estimate of drug-likeness (QED) is 0.568. The minimum Gasteiger partial charge on any atom is -0.508 e. The van der Waals surface area contributed by atoms with Crippen LogP contribution in [0.4, 0.5) is 0 Å². The molecule has 6 heteroatoms. The number of ether oxygens (including phenoxy) is 1. The van der Waals surface area contributed by atoms with Gasteiger partial charge in [0.1, 0.15) is 5.75 Å². The molecule has 5 nitrogen and oxygen atoms in total. The number of halogens is 1. The van der Waals surface area contributed by atoms with Crippen LogP contribution in [-0.4, -0.2) is 31.0 Å². The van der Waals surface area contributed by atoms with Gasteiger partial charge in [0.2, 0.25) is 0 Å². The van der Waals surface area contributed by atoms with Gasteiger partial charge in [-0.25, -0.2) is 4.79 Å². The number of phenolic OH excluding ortho intramolecular Hbond substituents is 1. The van der Waals surface area contributed by atoms with Crippen molar-refractivity contribution in [1.29, 1.82) is 0 Å². The summed E-state index contributed by atoms with van der Waals surface area (Å²) in [6.45, 7) is 4.16. The van der Waals surface area contributed by atoms with E-state index in [-0.39, 0.29) is 29.3 Å². The molecule has 2 aromatic rings. The van der Waals surface area contributed by atoms with Crippen molar-refractivity contribution < 1.29 is 19.4 Å². The highest BCUT2D eigenvalue weighted by molar-refractivity contribution is 6.30. The molecule has 3 unspecified atom stereocenters. The number of carbonyl (C=O) groups is 2. The van der Waals surface area contributed by atoms with E-state index in [1.165, 1.54) is 13.2 Å². The number of methoxy groups -OCH3 is 1. The third-order valence-electron chi connectivity index (χ3n) is 5.40. The number of esters is 1. The van der Waals surface area contributed by atoms with Crippen LogP contribution in [0.3, 0.4) is 0 Å². The maximum atomic E-state index is 13.0. The van der Waals surface area contributed by atoms with Crippen LogP contribution in [0.25, 0.3) is 0 Å². The van der Waals surface area contributed by atoms with Gasteiger partial charge in [-0.1, -0.05) is 44.0 Å². The molecule has 0 aliphatic carbocycles. The zero-order valence-electron chi connectivity index (χ0n) is 17.2. The van der Waals surface area contributed by atoms with Gasteiger partial charge in [0, 0.05) is 11.4 Å². The third kappa shape index (κ3) is 5.81. The first kappa shape index (κ1) is 22.9. The topological polar surface area (TPSA) is 75.6 Å². The molecule has 0 saturated heterocycles. The summed E-state index contributed by atoms with van der Waals surface area (Å²) < 4.78 is 4.74. The largest absolute Gasteiger partial charge is 0.508 e. The Balaban J connectivity index is 2.16. The van der Waals surface area contributed by atoms with E-state index in [1.807, 2.05) is 12.1 Å². The maximum Gasteiger partial charge on any atom is 0.337 e. The van der Waals surface area contributed by atoms with Gasteiger partial charge in [0.25, 0.3) is 0 Å². The molecule has 3 atom stereocenters. The number of carbonyl (C=O) groups excluding carboxylic acids is 2. The lowest BCUT2D eigenvalue weighted by Crippen LogP contribution is -2.28. The fraction of sp³-hybridized carbons (Fsp3) is 0.391. The lowest BCUT2D eigenvalue weighted by atomic mass is 9.81. The van der Waals surface area contributed by atoms with Crippen LogP contribution in [0.1, 0.15) is 60.1 Å². The number of phenols is 1. The molecule has 0 radical (unpaired) electrons. The van der Waals surface area contributed by atoms with Crippen molar-refractivity contribution in [2.45, 2.75) is 38.6 Å². The van der Waals surface area contributed by atoms with Crippen LogP contribution in [0.5, 0.6) is 5.75 Å². The van der Waals surface area contributed by atoms with E-state index in [1.54, 1.807) is 31.3 Å². The van der Waals surface area contributed by atoms with E-state index in [2.05, 4.69) is 19.2 Å². The summed E-state index contributed by atoms with van der Waals surface area (Å²) in [7, 11) is 3.08. The molecule has 0 bridgehead atoms. The minimum atomic E-state index is -0.539. The van der Waals surface area contributed by atoms with Crippen LogP contribution in [0, 0.1) is 5.92 Å². The second-order valence-corrected chi connectivity index (χ2v) is 7.64. The van der Waals surface area contributed by atoms with Crippen LogP contribution < -0.4 is 5.32 Å². The van der Waals surface area contributed by atoms with Gasteiger partial charge in [0.05, 0.1) is 18.7 Å². The van der Waals surface area contributed by atoms with Crippen molar-refractivity contribution in [3.63, 3.8) is 0 Å². The van der Waals surface area contributed by atoms with Crippen molar-refractivity contribution >= 4 is 23.4 Å². The molecule has 0 amide bonds. The molecule has 0 saturated carbocycles. The Labute approximate surface area is 177 Å². The van der Waals surface area contributed by atoms with E-state index in [0.29, 0.717) is 22.6 Å². The van der Waals surface area contributed by atoms with Gasteiger partial charge in [0.15, 0.2) is 5.78 Å². The number of nitrogens with one attached hydrogen (secondary N) is 1. The molecule has 2 N–H and O–H groups in total. The molecule has 2 aromatic carbocycles. The summed E-state index contributed by atoms with van der Waals surface area (Å²) in [5.74, 6) is -0.0187. The Kier molecular flexibility index (Phi) is 8.23. The zero-order valence-corrected chi connectivity index (χ0v) is 18.0. The van der Waals surface area contributed by atoms with Gasteiger partial charge in [-0.05, 0) is 60.3 Å². The van der Waals surface area contributed by atoms with Crippen molar-refractivity contribution in [3.8, 4) is 5.75 Å². The molecular weight excluding hydrogens is 390 g/mol. The summed E-state index contributed by atoms with van der Waals surface area (Å²) in [6, 6.07) is 11.5. The predicted molar refractivity (Wildman–Crippen MR) is 115 cm³/mol. The highest BCUT2D eigenvalue weighted by Gasteiger charge is 2.26. The van der Waals surface area contributed by atoms with Gasteiger partial charge in [-0.15, -0.1) is 0 Å². The van der Waals surface area contributed by atoms with E-state index in [0.717, 1.165) is 12.0 Å². The number of ketones is 1. The SMILES string of the molecule is CCC(CC(=O)C(NC)c1cc(O)cc(Cl)c1)C(C)c1ccc(C(=O)OC)cc1. The standard InChI is InChI=1S/C23H28ClNO4/c1-5-15(14(2)16-6-8-17(9-7-16)23(28)29-4)12-21(27)22(25-3)18-10-19(24)13-20(26)11-18/h6-11,13-15,22,25-26H,5,12H2,1-4H3. The molecule has 0 fully saturated rings. The van der Waals surface area contributed by atoms with Gasteiger partial charge in [-0.2, -0.15) is 0 Å². The summed E-state index contributed by atoms with van der Waals surface area (Å²) in [4.78, 5) is 24.7. The molecule has 0 spiro atoms. The van der Waals surface area contributed by atoms with Crippen molar-refractivity contribution in [3.05, 3.63) is 64.2 Å². The average Bonchev–Trinajstić information content (AvgIpc) is 2.70. The number of aromatic hydroxyl groups is 1. The molecule has 156 valence electrons. The van der Waals surface area contributed by atoms with Crippen LogP contribution in [0.2, 0.25) is 5.02 Å². The monoisotopic (exact) mass is 417 g/mol. The number of hydrogen-bond acceptors (Lipinski definition) is 5. The molecule has 0 aliphatic rings. The Morgan fingerprint density at radius 3 is 2.31 bits per heavy atom. The summed E-state index contributed by atoms with van der Waals surface area (Å²) in [6.07, 6.45) is 1.22. The summed E-state index contributed by atoms with van der Waals surface area (Å²) in [5.41, 5.74) is 2.22. The zero-order chi connectivity index (χ0) is 21.6. The maximum absolute atomic E-state index is 13.0. The highest BCUT2D eigenvalue weighted by atomic mass is 35.5. The van der Waals surface area contributed by atoms with E-state index >= 15 is 0 Å². The Bertz CT molecular complexity index is 830. The van der Waals surface area contributed by atoms with Crippen LogP contribution >= 0.6 is 11.6 Å². The number of likely N-dealkylation sites (N-methyl/N-ethyl adjacent to an activating group) is 1.